The number of carbonyl (C=O) groups is 1. The highest BCUT2D eigenvalue weighted by molar-refractivity contribution is 7.89. The molecule has 1 unspecified atom stereocenters. The summed E-state index contributed by atoms with van der Waals surface area (Å²) in [5, 5.41) is 2.55. The van der Waals surface area contributed by atoms with Crippen molar-refractivity contribution in [1.82, 2.24) is 4.72 Å². The molecule has 0 heterocycles. The molecule has 118 valence electrons. The minimum atomic E-state index is -3.65. The average Bonchev–Trinajstić information content (AvgIpc) is 2.47. The van der Waals surface area contributed by atoms with E-state index < -0.39 is 22.0 Å². The maximum Gasteiger partial charge on any atom is 0.242 e. The van der Waals surface area contributed by atoms with Crippen molar-refractivity contribution in [1.29, 1.82) is 0 Å². The lowest BCUT2D eigenvalue weighted by Crippen LogP contribution is -2.36. The Morgan fingerprint density at radius 1 is 1.38 bits per heavy atom. The van der Waals surface area contributed by atoms with Crippen molar-refractivity contribution in [2.75, 3.05) is 26.1 Å². The summed E-state index contributed by atoms with van der Waals surface area (Å²) in [6, 6.07) is 5.44. The summed E-state index contributed by atoms with van der Waals surface area (Å²) in [6.45, 7) is 0.520. The second-order valence-corrected chi connectivity index (χ2v) is 6.29. The van der Waals surface area contributed by atoms with Gasteiger partial charge in [0.2, 0.25) is 15.9 Å². The third-order valence-electron chi connectivity index (χ3n) is 2.90. The summed E-state index contributed by atoms with van der Waals surface area (Å²) >= 11 is 0. The van der Waals surface area contributed by atoms with Gasteiger partial charge >= 0.3 is 0 Å². The number of hydrogen-bond donors (Lipinski definition) is 3. The Balaban J connectivity index is 2.82. The molecule has 0 saturated carbocycles. The lowest BCUT2D eigenvalue weighted by Gasteiger charge is -2.14. The number of methoxy groups -OCH3 is 1. The number of para-hydroxylation sites is 1. The quantitative estimate of drug-likeness (QED) is 0.597. The third-order valence-corrected chi connectivity index (χ3v) is 4.38. The third kappa shape index (κ3) is 5.09. The van der Waals surface area contributed by atoms with E-state index in [0.29, 0.717) is 19.4 Å². The zero-order valence-corrected chi connectivity index (χ0v) is 12.9. The predicted molar refractivity (Wildman–Crippen MR) is 80.4 cm³/mol. The molecule has 0 aliphatic rings. The SMILES string of the molecule is CNS(=O)(=O)c1ccccc1NC(=O)C(N)CCCOC. The number of hydrogen-bond acceptors (Lipinski definition) is 5. The van der Waals surface area contributed by atoms with Gasteiger partial charge in [0.25, 0.3) is 0 Å². The van der Waals surface area contributed by atoms with Gasteiger partial charge in [-0.1, -0.05) is 12.1 Å². The van der Waals surface area contributed by atoms with E-state index in [4.69, 9.17) is 10.5 Å². The van der Waals surface area contributed by atoms with Crippen LogP contribution in [0.25, 0.3) is 0 Å². The van der Waals surface area contributed by atoms with Crippen LogP contribution >= 0.6 is 0 Å². The maximum atomic E-state index is 12.0. The Bertz CT molecular complexity index is 575. The van der Waals surface area contributed by atoms with Gasteiger partial charge in [-0.2, -0.15) is 0 Å². The molecule has 1 atom stereocenters. The normalized spacial score (nSPS) is 12.9. The highest BCUT2D eigenvalue weighted by Crippen LogP contribution is 2.20. The lowest BCUT2D eigenvalue weighted by molar-refractivity contribution is -0.117. The molecule has 1 aromatic rings. The van der Waals surface area contributed by atoms with Crippen molar-refractivity contribution >= 4 is 21.6 Å². The minimum absolute atomic E-state index is 0.00458. The van der Waals surface area contributed by atoms with Crippen molar-refractivity contribution < 1.29 is 17.9 Å². The first-order valence-electron chi connectivity index (χ1n) is 6.50. The Kier molecular flexibility index (Phi) is 6.76. The van der Waals surface area contributed by atoms with E-state index in [1.807, 2.05) is 0 Å². The van der Waals surface area contributed by atoms with Gasteiger partial charge in [-0.05, 0) is 32.0 Å². The number of anilines is 1. The summed E-state index contributed by atoms with van der Waals surface area (Å²) < 4.78 is 30.9. The molecule has 8 heteroatoms. The lowest BCUT2D eigenvalue weighted by atomic mass is 10.1. The molecule has 1 amide bonds. The van der Waals surface area contributed by atoms with Crippen LogP contribution in [0.1, 0.15) is 12.8 Å². The molecule has 0 aromatic heterocycles. The number of carbonyl (C=O) groups excluding carboxylic acids is 1. The van der Waals surface area contributed by atoms with Crippen LogP contribution in [0.5, 0.6) is 0 Å². The highest BCUT2D eigenvalue weighted by atomic mass is 32.2. The molecule has 1 aromatic carbocycles. The Hall–Kier alpha value is -1.48. The van der Waals surface area contributed by atoms with E-state index in [0.717, 1.165) is 0 Å². The molecule has 0 saturated heterocycles. The van der Waals surface area contributed by atoms with E-state index in [2.05, 4.69) is 10.0 Å². The smallest absolute Gasteiger partial charge is 0.242 e. The summed E-state index contributed by atoms with van der Waals surface area (Å²) in [5.41, 5.74) is 5.97. The van der Waals surface area contributed by atoms with Crippen molar-refractivity contribution in [2.24, 2.45) is 5.73 Å². The number of ether oxygens (including phenoxy) is 1. The first-order valence-corrected chi connectivity index (χ1v) is 7.98. The molecule has 7 nitrogen and oxygen atoms in total. The molecule has 1 rings (SSSR count). The number of nitrogens with one attached hydrogen (secondary N) is 2. The monoisotopic (exact) mass is 315 g/mol. The van der Waals surface area contributed by atoms with Crippen LogP contribution in [-0.4, -0.2) is 41.1 Å². The van der Waals surface area contributed by atoms with E-state index in [1.54, 1.807) is 19.2 Å². The van der Waals surface area contributed by atoms with Gasteiger partial charge in [-0.15, -0.1) is 0 Å². The van der Waals surface area contributed by atoms with E-state index in [-0.39, 0.29) is 10.6 Å². The second kappa shape index (κ2) is 8.08. The largest absolute Gasteiger partial charge is 0.385 e. The minimum Gasteiger partial charge on any atom is -0.385 e. The number of rotatable bonds is 8. The Morgan fingerprint density at radius 2 is 2.05 bits per heavy atom. The molecule has 0 bridgehead atoms. The summed E-state index contributed by atoms with van der Waals surface area (Å²) in [6.07, 6.45) is 1.11. The van der Waals surface area contributed by atoms with E-state index in [9.17, 15) is 13.2 Å². The highest BCUT2D eigenvalue weighted by Gasteiger charge is 2.19. The predicted octanol–water partition coefficient (Wildman–Crippen LogP) is 0.287. The molecule has 0 radical (unpaired) electrons. The maximum absolute atomic E-state index is 12.0. The van der Waals surface area contributed by atoms with Crippen LogP contribution in [0.2, 0.25) is 0 Å². The molecular weight excluding hydrogens is 294 g/mol. The first kappa shape index (κ1) is 17.6. The van der Waals surface area contributed by atoms with Crippen LogP contribution in [0.15, 0.2) is 29.2 Å². The van der Waals surface area contributed by atoms with Gasteiger partial charge < -0.3 is 15.8 Å². The van der Waals surface area contributed by atoms with E-state index in [1.165, 1.54) is 19.2 Å². The molecular formula is C13H21N3O4S. The van der Waals surface area contributed by atoms with Gasteiger partial charge in [-0.3, -0.25) is 4.79 Å². The van der Waals surface area contributed by atoms with E-state index >= 15 is 0 Å². The summed E-state index contributed by atoms with van der Waals surface area (Å²) in [4.78, 5) is 12.0. The average molecular weight is 315 g/mol. The van der Waals surface area contributed by atoms with Crippen molar-refractivity contribution in [3.05, 3.63) is 24.3 Å². The Labute approximate surface area is 124 Å². The topological polar surface area (TPSA) is 111 Å². The summed E-state index contributed by atoms with van der Waals surface area (Å²) in [5.74, 6) is -0.426. The number of sulfonamides is 1. The van der Waals surface area contributed by atoms with Gasteiger partial charge in [0.05, 0.1) is 11.7 Å². The Morgan fingerprint density at radius 3 is 2.67 bits per heavy atom. The van der Waals surface area contributed by atoms with Crippen molar-refractivity contribution in [3.63, 3.8) is 0 Å². The summed E-state index contributed by atoms with van der Waals surface area (Å²) in [7, 11) is -0.763. The molecule has 0 aliphatic heterocycles. The van der Waals surface area contributed by atoms with Gasteiger partial charge in [0, 0.05) is 13.7 Å². The molecule has 4 N–H and O–H groups in total. The molecule has 0 aliphatic carbocycles. The van der Waals surface area contributed by atoms with Crippen LogP contribution in [0, 0.1) is 0 Å². The first-order chi connectivity index (χ1) is 9.92. The number of benzene rings is 1. The molecule has 0 fully saturated rings. The molecule has 0 spiro atoms. The molecule has 21 heavy (non-hydrogen) atoms. The number of nitrogens with two attached hydrogens (primary N) is 1. The fraction of sp³-hybridized carbons (Fsp3) is 0.462. The van der Waals surface area contributed by atoms with Crippen molar-refractivity contribution in [3.8, 4) is 0 Å². The van der Waals surface area contributed by atoms with Crippen LogP contribution in [-0.2, 0) is 19.6 Å². The zero-order valence-electron chi connectivity index (χ0n) is 12.1. The fourth-order valence-corrected chi connectivity index (χ4v) is 2.60. The van der Waals surface area contributed by atoms with Gasteiger partial charge in [0.1, 0.15) is 4.90 Å². The van der Waals surface area contributed by atoms with Crippen LogP contribution < -0.4 is 15.8 Å². The van der Waals surface area contributed by atoms with Crippen LogP contribution in [0.3, 0.4) is 0 Å². The van der Waals surface area contributed by atoms with Crippen LogP contribution in [0.4, 0.5) is 5.69 Å². The fourth-order valence-electron chi connectivity index (χ4n) is 1.72. The van der Waals surface area contributed by atoms with Gasteiger partial charge in [0.15, 0.2) is 0 Å². The van der Waals surface area contributed by atoms with Gasteiger partial charge in [-0.25, -0.2) is 13.1 Å². The standard InChI is InChI=1S/C13H21N3O4S/c1-15-21(18,19)12-8-4-3-7-11(12)16-13(17)10(14)6-5-9-20-2/h3-4,7-8,10,15H,5-6,9,14H2,1-2H3,(H,16,17). The second-order valence-electron chi connectivity index (χ2n) is 4.43. The van der Waals surface area contributed by atoms with Crippen molar-refractivity contribution in [2.45, 2.75) is 23.8 Å². The zero-order chi connectivity index (χ0) is 15.9. The number of amides is 1.